The number of carbonyl (C=O) groups excluding carboxylic acids is 2. The van der Waals surface area contributed by atoms with Crippen molar-refractivity contribution < 1.29 is 18.4 Å². The Labute approximate surface area is 131 Å². The molecule has 23 heavy (non-hydrogen) atoms. The Morgan fingerprint density at radius 3 is 2.09 bits per heavy atom. The van der Waals surface area contributed by atoms with Gasteiger partial charge in [0.2, 0.25) is 0 Å². The largest absolute Gasteiger partial charge is 0.378 e. The van der Waals surface area contributed by atoms with Gasteiger partial charge in [-0.05, 0) is 30.3 Å². The number of halogens is 2. The minimum Gasteiger partial charge on any atom is -0.378 e. The molecule has 2 aromatic rings. The molecule has 0 spiro atoms. The summed E-state index contributed by atoms with van der Waals surface area (Å²) in [6.45, 7) is 0. The second-order valence-electron chi connectivity index (χ2n) is 4.95. The molecule has 0 aliphatic carbocycles. The summed E-state index contributed by atoms with van der Waals surface area (Å²) in [5.41, 5.74) is 4.46. The van der Waals surface area contributed by atoms with Crippen LogP contribution in [0.3, 0.4) is 0 Å². The predicted molar refractivity (Wildman–Crippen MR) is 82.1 cm³/mol. The van der Waals surface area contributed by atoms with E-state index in [1.54, 1.807) is 18.2 Å². The lowest BCUT2D eigenvalue weighted by Crippen LogP contribution is -2.42. The molecule has 0 saturated heterocycles. The zero-order valence-corrected chi connectivity index (χ0v) is 12.6. The van der Waals surface area contributed by atoms with Gasteiger partial charge < -0.3 is 4.90 Å². The molecule has 2 aromatic carbocycles. The lowest BCUT2D eigenvalue weighted by atomic mass is 10.2. The lowest BCUT2D eigenvalue weighted by Gasteiger charge is -2.14. The first-order valence-corrected chi connectivity index (χ1v) is 6.72. The van der Waals surface area contributed by atoms with E-state index in [1.165, 1.54) is 0 Å². The van der Waals surface area contributed by atoms with E-state index in [0.717, 1.165) is 23.9 Å². The van der Waals surface area contributed by atoms with Crippen molar-refractivity contribution in [3.05, 3.63) is 65.2 Å². The Balaban J connectivity index is 2.07. The molecule has 0 radical (unpaired) electrons. The van der Waals surface area contributed by atoms with Gasteiger partial charge in [0.05, 0.1) is 0 Å². The van der Waals surface area contributed by atoms with Gasteiger partial charge in [0.25, 0.3) is 11.8 Å². The summed E-state index contributed by atoms with van der Waals surface area (Å²) in [6.07, 6.45) is 0. The van der Waals surface area contributed by atoms with Crippen molar-refractivity contribution in [1.82, 2.24) is 10.9 Å². The van der Waals surface area contributed by atoms with Gasteiger partial charge in [0.1, 0.15) is 17.2 Å². The number of rotatable bonds is 3. The van der Waals surface area contributed by atoms with Crippen molar-refractivity contribution in [3.8, 4) is 0 Å². The molecule has 7 heteroatoms. The molecule has 0 bridgehead atoms. The molecule has 0 unspecified atom stereocenters. The Morgan fingerprint density at radius 1 is 0.913 bits per heavy atom. The van der Waals surface area contributed by atoms with Crippen LogP contribution in [-0.2, 0) is 0 Å². The Bertz CT molecular complexity index is 728. The summed E-state index contributed by atoms with van der Waals surface area (Å²) in [5, 5.41) is 0. The van der Waals surface area contributed by atoms with Crippen molar-refractivity contribution in [2.75, 3.05) is 19.0 Å². The van der Waals surface area contributed by atoms with E-state index < -0.39 is 29.0 Å². The van der Waals surface area contributed by atoms with E-state index in [4.69, 9.17) is 0 Å². The van der Waals surface area contributed by atoms with Gasteiger partial charge in [-0.15, -0.1) is 0 Å². The van der Waals surface area contributed by atoms with Crippen LogP contribution in [0.5, 0.6) is 0 Å². The van der Waals surface area contributed by atoms with Gasteiger partial charge in [-0.1, -0.05) is 12.1 Å². The average molecular weight is 319 g/mol. The fourth-order valence-corrected chi connectivity index (χ4v) is 1.89. The molecule has 0 saturated carbocycles. The summed E-state index contributed by atoms with van der Waals surface area (Å²) in [5.74, 6) is -3.69. The zero-order valence-electron chi connectivity index (χ0n) is 12.6. The van der Waals surface area contributed by atoms with Gasteiger partial charge in [-0.25, -0.2) is 8.78 Å². The minimum absolute atomic E-state index is 0.297. The van der Waals surface area contributed by atoms with Crippen molar-refractivity contribution in [3.63, 3.8) is 0 Å². The summed E-state index contributed by atoms with van der Waals surface area (Å²) < 4.78 is 26.9. The molecule has 0 heterocycles. The zero-order chi connectivity index (χ0) is 17.0. The van der Waals surface area contributed by atoms with Gasteiger partial charge in [0.15, 0.2) is 0 Å². The van der Waals surface area contributed by atoms with Crippen LogP contribution < -0.4 is 15.8 Å². The highest BCUT2D eigenvalue weighted by atomic mass is 19.1. The van der Waals surface area contributed by atoms with Gasteiger partial charge in [-0.2, -0.15) is 0 Å². The van der Waals surface area contributed by atoms with E-state index in [-0.39, 0.29) is 0 Å². The van der Waals surface area contributed by atoms with Crippen molar-refractivity contribution in [2.24, 2.45) is 0 Å². The molecular formula is C16H15F2N3O2. The van der Waals surface area contributed by atoms with Crippen molar-refractivity contribution in [1.29, 1.82) is 0 Å². The van der Waals surface area contributed by atoms with E-state index in [0.29, 0.717) is 5.56 Å². The second-order valence-corrected chi connectivity index (χ2v) is 4.95. The Morgan fingerprint density at radius 2 is 1.48 bits per heavy atom. The van der Waals surface area contributed by atoms with Crippen LogP contribution >= 0.6 is 0 Å². The lowest BCUT2D eigenvalue weighted by molar-refractivity contribution is 0.0841. The number of benzene rings is 2. The first-order valence-electron chi connectivity index (χ1n) is 6.72. The van der Waals surface area contributed by atoms with Crippen LogP contribution in [0.1, 0.15) is 20.7 Å². The standard InChI is InChI=1S/C16H15F2N3O2/c1-21(2)11-6-3-5-10(9-11)15(22)19-20-16(23)14-12(17)7-4-8-13(14)18/h3-9H,1-2H3,(H,19,22)(H,20,23). The molecule has 0 aromatic heterocycles. The monoisotopic (exact) mass is 319 g/mol. The molecule has 0 atom stereocenters. The first-order chi connectivity index (χ1) is 10.9. The first kappa shape index (κ1) is 16.4. The number of nitrogens with zero attached hydrogens (tertiary/aromatic N) is 1. The topological polar surface area (TPSA) is 61.4 Å². The van der Waals surface area contributed by atoms with Crippen LogP contribution in [0.2, 0.25) is 0 Å². The minimum atomic E-state index is -1.07. The second kappa shape index (κ2) is 6.87. The average Bonchev–Trinajstić information content (AvgIpc) is 2.52. The van der Waals surface area contributed by atoms with E-state index in [2.05, 4.69) is 5.43 Å². The van der Waals surface area contributed by atoms with E-state index in [1.807, 2.05) is 30.5 Å². The number of hydrazine groups is 1. The number of anilines is 1. The quantitative estimate of drug-likeness (QED) is 0.852. The molecule has 0 aliphatic heterocycles. The van der Waals surface area contributed by atoms with Crippen molar-refractivity contribution >= 4 is 17.5 Å². The van der Waals surface area contributed by atoms with Gasteiger partial charge >= 0.3 is 0 Å². The highest BCUT2D eigenvalue weighted by Crippen LogP contribution is 2.13. The molecular weight excluding hydrogens is 304 g/mol. The molecule has 5 nitrogen and oxygen atoms in total. The Hall–Kier alpha value is -2.96. The SMILES string of the molecule is CN(C)c1cccc(C(=O)NNC(=O)c2c(F)cccc2F)c1. The molecule has 2 N–H and O–H groups in total. The summed E-state index contributed by atoms with van der Waals surface area (Å²) in [7, 11) is 3.64. The maximum Gasteiger partial charge on any atom is 0.275 e. The normalized spacial score (nSPS) is 10.1. The number of nitrogens with one attached hydrogen (secondary N) is 2. The smallest absolute Gasteiger partial charge is 0.275 e. The third kappa shape index (κ3) is 3.82. The fourth-order valence-electron chi connectivity index (χ4n) is 1.89. The maximum atomic E-state index is 13.5. The van der Waals surface area contributed by atoms with Crippen LogP contribution in [0.4, 0.5) is 14.5 Å². The van der Waals surface area contributed by atoms with Crippen LogP contribution in [0.15, 0.2) is 42.5 Å². The summed E-state index contributed by atoms with van der Waals surface area (Å²) >= 11 is 0. The number of hydrogen-bond acceptors (Lipinski definition) is 3. The van der Waals surface area contributed by atoms with Crippen LogP contribution in [0, 0.1) is 11.6 Å². The third-order valence-electron chi connectivity index (χ3n) is 3.10. The number of amides is 2. The fraction of sp³-hybridized carbons (Fsp3) is 0.125. The molecule has 120 valence electrons. The predicted octanol–water partition coefficient (Wildman–Crippen LogP) is 2.11. The molecule has 2 amide bonds. The van der Waals surface area contributed by atoms with Crippen LogP contribution in [-0.4, -0.2) is 25.9 Å². The van der Waals surface area contributed by atoms with Crippen LogP contribution in [0.25, 0.3) is 0 Å². The van der Waals surface area contributed by atoms with E-state index >= 15 is 0 Å². The van der Waals surface area contributed by atoms with E-state index in [9.17, 15) is 18.4 Å². The summed E-state index contributed by atoms with van der Waals surface area (Å²) in [6, 6.07) is 9.73. The molecule has 0 fully saturated rings. The highest BCUT2D eigenvalue weighted by Gasteiger charge is 2.17. The maximum absolute atomic E-state index is 13.5. The van der Waals surface area contributed by atoms with Gasteiger partial charge in [0, 0.05) is 25.3 Å². The summed E-state index contributed by atoms with van der Waals surface area (Å²) in [4.78, 5) is 25.6. The molecule has 0 aliphatic rings. The number of hydrogen-bond donors (Lipinski definition) is 2. The molecule has 2 rings (SSSR count). The van der Waals surface area contributed by atoms with Crippen molar-refractivity contribution in [2.45, 2.75) is 0 Å². The highest BCUT2D eigenvalue weighted by molar-refractivity contribution is 5.99. The Kier molecular flexibility index (Phi) is 4.90. The number of carbonyl (C=O) groups is 2. The third-order valence-corrected chi connectivity index (χ3v) is 3.10. The van der Waals surface area contributed by atoms with Gasteiger partial charge in [-0.3, -0.25) is 20.4 Å².